The van der Waals surface area contributed by atoms with Crippen LogP contribution in [0.3, 0.4) is 0 Å². The van der Waals surface area contributed by atoms with E-state index in [1.807, 2.05) is 30.3 Å². The van der Waals surface area contributed by atoms with E-state index in [1.165, 1.54) is 0 Å². The normalized spacial score (nSPS) is 9.08. The van der Waals surface area contributed by atoms with E-state index in [9.17, 15) is 4.79 Å². The van der Waals surface area contributed by atoms with E-state index in [4.69, 9.17) is 0 Å². The van der Waals surface area contributed by atoms with Gasteiger partial charge in [0.25, 0.3) is 0 Å². The van der Waals surface area contributed by atoms with Crippen LogP contribution >= 0.6 is 0 Å². The molecule has 0 aromatic heterocycles. The van der Waals surface area contributed by atoms with E-state index in [-0.39, 0.29) is 5.97 Å². The van der Waals surface area contributed by atoms with Crippen molar-refractivity contribution in [3.05, 3.63) is 42.5 Å². The fourth-order valence-corrected chi connectivity index (χ4v) is 1.23. The second-order valence-corrected chi connectivity index (χ2v) is 2.92. The average Bonchev–Trinajstić information content (AvgIpc) is 2.17. The molecule has 0 radical (unpaired) electrons. The molecule has 0 aliphatic carbocycles. The summed E-state index contributed by atoms with van der Waals surface area (Å²) in [6, 6.07) is 9.28. The van der Waals surface area contributed by atoms with E-state index in [1.54, 1.807) is 0 Å². The number of hydrogen-bond acceptors (Lipinski definition) is 2. The van der Waals surface area contributed by atoms with Gasteiger partial charge in [0.1, 0.15) is 0 Å². The second-order valence-electron chi connectivity index (χ2n) is 2.25. The van der Waals surface area contributed by atoms with Gasteiger partial charge in [0.2, 0.25) is 0 Å². The molecule has 3 heteroatoms. The Labute approximate surface area is 85.3 Å². The van der Waals surface area contributed by atoms with Crippen molar-refractivity contribution >= 4 is 35.0 Å². The number of carbonyl (C=O) groups is 1. The molecule has 12 heavy (non-hydrogen) atoms. The Kier molecular flexibility index (Phi) is 3.36. The van der Waals surface area contributed by atoms with Crippen molar-refractivity contribution in [2.24, 2.45) is 0 Å². The Morgan fingerprint density at radius 2 is 1.92 bits per heavy atom. The fraction of sp³-hybridized carbons (Fsp3) is 0. The molecule has 0 aliphatic rings. The maximum absolute atomic E-state index is 11.0. The Bertz CT molecular complexity index is 293. The van der Waals surface area contributed by atoms with E-state index >= 15 is 0 Å². The van der Waals surface area contributed by atoms with Crippen LogP contribution < -0.4 is 0 Å². The van der Waals surface area contributed by atoms with Crippen molar-refractivity contribution in [1.29, 1.82) is 0 Å². The third kappa shape index (κ3) is 2.11. The summed E-state index contributed by atoms with van der Waals surface area (Å²) in [5, 5.41) is 0. The van der Waals surface area contributed by atoms with Gasteiger partial charge in [-0.2, -0.15) is 0 Å². The predicted octanol–water partition coefficient (Wildman–Crippen LogP) is 0.791. The summed E-state index contributed by atoms with van der Waals surface area (Å²) in [5.74, 6) is -0.330. The summed E-state index contributed by atoms with van der Waals surface area (Å²) in [7, 11) is 0. The molecule has 0 N–H and O–H groups in total. The monoisotopic (exact) mass is 270 g/mol. The minimum atomic E-state index is -0.330. The number of hydrogen-bond donors (Lipinski definition) is 0. The molecule has 0 aliphatic heterocycles. The Hall–Kier alpha value is -0.752. The first-order valence-electron chi connectivity index (χ1n) is 3.41. The fourth-order valence-electron chi connectivity index (χ4n) is 0.828. The summed E-state index contributed by atoms with van der Waals surface area (Å²) in [6.07, 6.45) is 0. The molecule has 0 fully saturated rings. The molecule has 0 saturated heterocycles. The summed E-state index contributed by atoms with van der Waals surface area (Å²) >= 11 is 0.471. The van der Waals surface area contributed by atoms with Crippen molar-refractivity contribution in [1.82, 2.24) is 0 Å². The SMILES string of the molecule is C=C(C(=O)[O][SbH2])c1ccccc1. The molecule has 2 nitrogen and oxygen atoms in total. The summed E-state index contributed by atoms with van der Waals surface area (Å²) in [6.45, 7) is 3.64. The van der Waals surface area contributed by atoms with Gasteiger partial charge in [-0.1, -0.05) is 0 Å². The van der Waals surface area contributed by atoms with E-state index < -0.39 is 0 Å². The van der Waals surface area contributed by atoms with Gasteiger partial charge < -0.3 is 0 Å². The first-order chi connectivity index (χ1) is 5.75. The zero-order chi connectivity index (χ0) is 8.97. The molecule has 1 aromatic carbocycles. The van der Waals surface area contributed by atoms with Crippen LogP contribution in [-0.4, -0.2) is 29.4 Å². The summed E-state index contributed by atoms with van der Waals surface area (Å²) in [4.78, 5) is 11.0. The first-order valence-corrected chi connectivity index (χ1v) is 4.75. The van der Waals surface area contributed by atoms with Gasteiger partial charge in [0.15, 0.2) is 0 Å². The molecule has 0 unspecified atom stereocenters. The molecule has 0 bridgehead atoms. The summed E-state index contributed by atoms with van der Waals surface area (Å²) in [5.41, 5.74) is 1.24. The first kappa shape index (κ1) is 9.34. The van der Waals surface area contributed by atoms with Gasteiger partial charge in [-0.3, -0.25) is 0 Å². The van der Waals surface area contributed by atoms with Gasteiger partial charge in [-0.05, 0) is 0 Å². The molecule has 0 atom stereocenters. The van der Waals surface area contributed by atoms with Gasteiger partial charge >= 0.3 is 85.3 Å². The standard InChI is InChI=1S/C9H8O2.Sb.2H/c1-7(9(10)11)8-5-3-2-4-6-8;;;/h2-6H,1H2,(H,10,11);;;/q;+1;;/p-1. The van der Waals surface area contributed by atoms with Crippen LogP contribution in [0.25, 0.3) is 5.57 Å². The summed E-state index contributed by atoms with van der Waals surface area (Å²) < 4.78 is 4.66. The molecule has 62 valence electrons. The number of carbonyl (C=O) groups excluding carboxylic acids is 1. The quantitative estimate of drug-likeness (QED) is 0.587. The van der Waals surface area contributed by atoms with Crippen molar-refractivity contribution < 1.29 is 7.81 Å². The third-order valence-electron chi connectivity index (χ3n) is 1.48. The Morgan fingerprint density at radius 3 is 2.42 bits per heavy atom. The molecule has 0 heterocycles. The van der Waals surface area contributed by atoms with Crippen molar-refractivity contribution in [3.63, 3.8) is 0 Å². The van der Waals surface area contributed by atoms with Crippen LogP contribution in [0.4, 0.5) is 0 Å². The van der Waals surface area contributed by atoms with Crippen molar-refractivity contribution in [2.45, 2.75) is 0 Å². The zero-order valence-corrected chi connectivity index (χ0v) is 9.78. The van der Waals surface area contributed by atoms with Crippen LogP contribution in [0, 0.1) is 0 Å². The third-order valence-corrected chi connectivity index (χ3v) is 2.09. The Morgan fingerprint density at radius 1 is 1.33 bits per heavy atom. The minimum absolute atomic E-state index is 0.330. The van der Waals surface area contributed by atoms with E-state index in [0.29, 0.717) is 29.0 Å². The molecule has 1 rings (SSSR count). The van der Waals surface area contributed by atoms with E-state index in [0.717, 1.165) is 5.56 Å². The van der Waals surface area contributed by atoms with Gasteiger partial charge in [0, 0.05) is 0 Å². The topological polar surface area (TPSA) is 26.3 Å². The predicted molar refractivity (Wildman–Crippen MR) is 50.1 cm³/mol. The van der Waals surface area contributed by atoms with Crippen molar-refractivity contribution in [3.8, 4) is 0 Å². The van der Waals surface area contributed by atoms with Gasteiger partial charge in [-0.25, -0.2) is 0 Å². The number of rotatable bonds is 2. The average molecular weight is 271 g/mol. The Balaban J connectivity index is 2.86. The van der Waals surface area contributed by atoms with Crippen LogP contribution in [-0.2, 0) is 7.81 Å². The molecular formula is C9H9O2Sb. The zero-order valence-electron chi connectivity index (χ0n) is 6.49. The second kappa shape index (κ2) is 4.32. The molecule has 0 saturated carbocycles. The molecule has 1 aromatic rings. The molecular weight excluding hydrogens is 262 g/mol. The maximum atomic E-state index is 11.0. The van der Waals surface area contributed by atoms with Crippen molar-refractivity contribution in [2.75, 3.05) is 0 Å². The van der Waals surface area contributed by atoms with E-state index in [2.05, 4.69) is 9.59 Å². The van der Waals surface area contributed by atoms with Crippen LogP contribution in [0.2, 0.25) is 0 Å². The van der Waals surface area contributed by atoms with Crippen LogP contribution in [0.15, 0.2) is 36.9 Å². The van der Waals surface area contributed by atoms with Gasteiger partial charge in [-0.15, -0.1) is 0 Å². The molecule has 0 spiro atoms. The van der Waals surface area contributed by atoms with Gasteiger partial charge in [0.05, 0.1) is 0 Å². The molecule has 0 amide bonds. The number of benzene rings is 1. The van der Waals surface area contributed by atoms with Crippen LogP contribution in [0.5, 0.6) is 0 Å². The van der Waals surface area contributed by atoms with Crippen LogP contribution in [0.1, 0.15) is 5.56 Å².